The number of ether oxygens (including phenoxy) is 2. The van der Waals surface area contributed by atoms with Gasteiger partial charge in [0.25, 0.3) is 0 Å². The average molecular weight is 405 g/mol. The van der Waals surface area contributed by atoms with Gasteiger partial charge in [-0.3, -0.25) is 0 Å². The SMILES string of the molecule is COCCOC(=O)C(C#N)=Cc1cc(Br)cc(Br)c1O. The van der Waals surface area contributed by atoms with E-state index in [1.54, 1.807) is 18.2 Å². The van der Waals surface area contributed by atoms with Crippen LogP contribution in [0.1, 0.15) is 5.56 Å². The lowest BCUT2D eigenvalue weighted by atomic mass is 10.1. The summed E-state index contributed by atoms with van der Waals surface area (Å²) in [5.41, 5.74) is 0.118. The Balaban J connectivity index is 3.01. The Morgan fingerprint density at radius 1 is 1.45 bits per heavy atom. The van der Waals surface area contributed by atoms with Crippen molar-refractivity contribution in [3.05, 3.63) is 32.2 Å². The number of halogens is 2. The van der Waals surface area contributed by atoms with Crippen molar-refractivity contribution in [3.63, 3.8) is 0 Å². The number of hydrogen-bond acceptors (Lipinski definition) is 5. The summed E-state index contributed by atoms with van der Waals surface area (Å²) in [6, 6.07) is 4.98. The lowest BCUT2D eigenvalue weighted by molar-refractivity contribution is -0.139. The molecule has 1 rings (SSSR count). The summed E-state index contributed by atoms with van der Waals surface area (Å²) in [5, 5.41) is 18.9. The minimum Gasteiger partial charge on any atom is -0.506 e. The number of phenols is 1. The van der Waals surface area contributed by atoms with Crippen LogP contribution in [-0.2, 0) is 14.3 Å². The molecule has 0 bridgehead atoms. The fourth-order valence-corrected chi connectivity index (χ4v) is 2.54. The van der Waals surface area contributed by atoms with Gasteiger partial charge in [0.2, 0.25) is 0 Å². The molecule has 0 saturated carbocycles. The van der Waals surface area contributed by atoms with E-state index in [-0.39, 0.29) is 24.5 Å². The van der Waals surface area contributed by atoms with Crippen molar-refractivity contribution in [2.24, 2.45) is 0 Å². The molecule has 106 valence electrons. The first-order valence-electron chi connectivity index (χ1n) is 5.45. The lowest BCUT2D eigenvalue weighted by Crippen LogP contribution is -2.11. The zero-order valence-electron chi connectivity index (χ0n) is 10.5. The number of esters is 1. The number of aromatic hydroxyl groups is 1. The highest BCUT2D eigenvalue weighted by molar-refractivity contribution is 9.11. The van der Waals surface area contributed by atoms with Gasteiger partial charge in [-0.25, -0.2) is 4.79 Å². The van der Waals surface area contributed by atoms with E-state index in [0.29, 0.717) is 14.5 Å². The Morgan fingerprint density at radius 3 is 2.75 bits per heavy atom. The summed E-state index contributed by atoms with van der Waals surface area (Å²) in [4.78, 5) is 11.7. The second kappa shape index (κ2) is 8.04. The Hall–Kier alpha value is -1.36. The molecule has 1 N–H and O–H groups in total. The molecular formula is C13H11Br2NO4. The topological polar surface area (TPSA) is 79.5 Å². The first-order valence-corrected chi connectivity index (χ1v) is 7.04. The van der Waals surface area contributed by atoms with E-state index >= 15 is 0 Å². The summed E-state index contributed by atoms with van der Waals surface area (Å²) < 4.78 is 10.7. The Labute approximate surface area is 133 Å². The summed E-state index contributed by atoms with van der Waals surface area (Å²) in [5.74, 6) is -0.828. The molecule has 20 heavy (non-hydrogen) atoms. The van der Waals surface area contributed by atoms with Crippen molar-refractivity contribution < 1.29 is 19.4 Å². The molecule has 0 atom stereocenters. The zero-order chi connectivity index (χ0) is 15.1. The Morgan fingerprint density at radius 2 is 2.15 bits per heavy atom. The number of rotatable bonds is 5. The first kappa shape index (κ1) is 16.7. The van der Waals surface area contributed by atoms with Crippen LogP contribution >= 0.6 is 31.9 Å². The van der Waals surface area contributed by atoms with E-state index in [4.69, 9.17) is 14.7 Å². The van der Waals surface area contributed by atoms with Crippen molar-refractivity contribution in [2.45, 2.75) is 0 Å². The van der Waals surface area contributed by atoms with Gasteiger partial charge in [-0.2, -0.15) is 5.26 Å². The summed E-state index contributed by atoms with van der Waals surface area (Å²) >= 11 is 6.43. The first-order chi connectivity index (χ1) is 9.49. The third-order valence-electron chi connectivity index (χ3n) is 2.22. The molecule has 0 radical (unpaired) electrons. The van der Waals surface area contributed by atoms with E-state index in [2.05, 4.69) is 31.9 Å². The molecule has 1 aromatic carbocycles. The van der Waals surface area contributed by atoms with Gasteiger partial charge in [0.1, 0.15) is 24.0 Å². The summed E-state index contributed by atoms with van der Waals surface area (Å²) in [6.07, 6.45) is 1.26. The Kier molecular flexibility index (Phi) is 6.71. The summed E-state index contributed by atoms with van der Waals surface area (Å²) in [7, 11) is 1.48. The van der Waals surface area contributed by atoms with Gasteiger partial charge >= 0.3 is 5.97 Å². The number of hydrogen-bond donors (Lipinski definition) is 1. The van der Waals surface area contributed by atoms with Gasteiger partial charge in [0, 0.05) is 17.1 Å². The van der Waals surface area contributed by atoms with Gasteiger partial charge in [0.15, 0.2) is 0 Å². The highest BCUT2D eigenvalue weighted by Crippen LogP contribution is 2.33. The maximum absolute atomic E-state index is 11.7. The van der Waals surface area contributed by atoms with Crippen LogP contribution in [0, 0.1) is 11.3 Å². The van der Waals surface area contributed by atoms with Crippen molar-refractivity contribution in [1.29, 1.82) is 5.26 Å². The van der Waals surface area contributed by atoms with Crippen molar-refractivity contribution in [3.8, 4) is 11.8 Å². The normalized spacial score (nSPS) is 11.0. The van der Waals surface area contributed by atoms with Crippen molar-refractivity contribution in [2.75, 3.05) is 20.3 Å². The molecule has 0 aliphatic carbocycles. The smallest absolute Gasteiger partial charge is 0.348 e. The number of carbonyl (C=O) groups is 1. The fraction of sp³-hybridized carbons (Fsp3) is 0.231. The van der Waals surface area contributed by atoms with Gasteiger partial charge < -0.3 is 14.6 Å². The largest absolute Gasteiger partial charge is 0.506 e. The van der Waals surface area contributed by atoms with Crippen LogP contribution in [0.15, 0.2) is 26.7 Å². The number of carbonyl (C=O) groups excluding carboxylic acids is 1. The molecular weight excluding hydrogens is 394 g/mol. The van der Waals surface area contributed by atoms with Crippen LogP contribution in [-0.4, -0.2) is 31.4 Å². The Bertz CT molecular complexity index is 578. The third-order valence-corrected chi connectivity index (χ3v) is 3.28. The number of phenolic OH excluding ortho intramolecular Hbond substituents is 1. The quantitative estimate of drug-likeness (QED) is 0.353. The molecule has 0 fully saturated rings. The van der Waals surface area contributed by atoms with E-state index in [0.717, 1.165) is 0 Å². The van der Waals surface area contributed by atoms with E-state index in [1.807, 2.05) is 0 Å². The standard InChI is InChI=1S/C13H11Br2NO4/c1-19-2-3-20-13(18)9(7-16)4-8-5-10(14)6-11(15)12(8)17/h4-6,17H,2-3H2,1H3. The average Bonchev–Trinajstić information content (AvgIpc) is 2.41. The van der Waals surface area contributed by atoms with E-state index in [9.17, 15) is 9.90 Å². The van der Waals surface area contributed by atoms with Crippen LogP contribution in [0.3, 0.4) is 0 Å². The molecule has 1 aromatic rings. The minimum atomic E-state index is -0.764. The van der Waals surface area contributed by atoms with Crippen LogP contribution < -0.4 is 0 Å². The highest BCUT2D eigenvalue weighted by atomic mass is 79.9. The van der Waals surface area contributed by atoms with Gasteiger partial charge in [-0.1, -0.05) is 15.9 Å². The number of benzene rings is 1. The second-order valence-electron chi connectivity index (χ2n) is 3.62. The zero-order valence-corrected chi connectivity index (χ0v) is 13.7. The van der Waals surface area contributed by atoms with Crippen molar-refractivity contribution in [1.82, 2.24) is 0 Å². The molecule has 0 aliphatic rings. The highest BCUT2D eigenvalue weighted by Gasteiger charge is 2.13. The molecule has 0 unspecified atom stereocenters. The van der Waals surface area contributed by atoms with Crippen LogP contribution in [0.2, 0.25) is 0 Å². The monoisotopic (exact) mass is 403 g/mol. The molecule has 0 saturated heterocycles. The number of nitrogens with zero attached hydrogens (tertiary/aromatic N) is 1. The van der Waals surface area contributed by atoms with Gasteiger partial charge in [0.05, 0.1) is 11.1 Å². The molecule has 0 amide bonds. The molecule has 5 nitrogen and oxygen atoms in total. The maximum atomic E-state index is 11.7. The van der Waals surface area contributed by atoms with Crippen LogP contribution in [0.5, 0.6) is 5.75 Å². The van der Waals surface area contributed by atoms with E-state index in [1.165, 1.54) is 13.2 Å². The molecule has 0 aromatic heterocycles. The lowest BCUT2D eigenvalue weighted by Gasteiger charge is -2.05. The van der Waals surface area contributed by atoms with Crippen molar-refractivity contribution >= 4 is 43.9 Å². The predicted octanol–water partition coefficient (Wildman–Crippen LogP) is 3.01. The van der Waals surface area contributed by atoms with Crippen LogP contribution in [0.25, 0.3) is 6.08 Å². The number of methoxy groups -OCH3 is 1. The minimum absolute atomic E-state index is 0.0580. The fourth-order valence-electron chi connectivity index (χ4n) is 1.28. The molecule has 0 aliphatic heterocycles. The predicted molar refractivity (Wildman–Crippen MR) is 79.9 cm³/mol. The summed E-state index contributed by atoms with van der Waals surface area (Å²) in [6.45, 7) is 0.306. The van der Waals surface area contributed by atoms with Crippen LogP contribution in [0.4, 0.5) is 0 Å². The molecule has 0 spiro atoms. The third kappa shape index (κ3) is 4.63. The van der Waals surface area contributed by atoms with Gasteiger partial charge in [-0.05, 0) is 34.1 Å². The second-order valence-corrected chi connectivity index (χ2v) is 5.39. The van der Waals surface area contributed by atoms with E-state index < -0.39 is 5.97 Å². The maximum Gasteiger partial charge on any atom is 0.348 e. The molecule has 0 heterocycles. The number of nitriles is 1. The molecule has 7 heteroatoms. The van der Waals surface area contributed by atoms with Gasteiger partial charge in [-0.15, -0.1) is 0 Å².